The van der Waals surface area contributed by atoms with Crippen LogP contribution < -0.4 is 5.32 Å². The van der Waals surface area contributed by atoms with E-state index in [1.807, 2.05) is 6.92 Å². The van der Waals surface area contributed by atoms with Gasteiger partial charge < -0.3 is 15.2 Å². The Kier molecular flexibility index (Phi) is 3.50. The third-order valence-corrected chi connectivity index (χ3v) is 2.53. The normalized spacial score (nSPS) is 36.8. The minimum Gasteiger partial charge on any atom is -0.396 e. The molecule has 0 aromatic carbocycles. The van der Waals surface area contributed by atoms with Gasteiger partial charge in [0.25, 0.3) is 0 Å². The molecule has 0 aliphatic carbocycles. The van der Waals surface area contributed by atoms with Crippen LogP contribution in [0.5, 0.6) is 0 Å². The monoisotopic (exact) mass is 173 g/mol. The topological polar surface area (TPSA) is 41.5 Å². The Bertz CT molecular complexity index is 130. The van der Waals surface area contributed by atoms with Crippen molar-refractivity contribution in [3.63, 3.8) is 0 Å². The van der Waals surface area contributed by atoms with Crippen molar-refractivity contribution >= 4 is 0 Å². The standard InChI is InChI=1S/C9H19NO2/c1-3-8-6-12-9(2,4-5-11)7-10-8/h8,10-11H,3-7H2,1-2H3. The van der Waals surface area contributed by atoms with Crippen LogP contribution in [0.15, 0.2) is 0 Å². The average molecular weight is 173 g/mol. The highest BCUT2D eigenvalue weighted by Gasteiger charge is 2.30. The Morgan fingerprint density at radius 2 is 2.42 bits per heavy atom. The van der Waals surface area contributed by atoms with Crippen LogP contribution in [0.4, 0.5) is 0 Å². The van der Waals surface area contributed by atoms with Crippen LogP contribution in [0.2, 0.25) is 0 Å². The third kappa shape index (κ3) is 2.44. The molecule has 2 unspecified atom stereocenters. The summed E-state index contributed by atoms with van der Waals surface area (Å²) in [7, 11) is 0. The van der Waals surface area contributed by atoms with Crippen molar-refractivity contribution in [1.29, 1.82) is 0 Å². The first-order chi connectivity index (χ1) is 5.70. The van der Waals surface area contributed by atoms with Crippen LogP contribution >= 0.6 is 0 Å². The number of aliphatic hydroxyl groups is 1. The molecule has 0 aromatic rings. The fraction of sp³-hybridized carbons (Fsp3) is 1.00. The molecule has 0 aromatic heterocycles. The van der Waals surface area contributed by atoms with Gasteiger partial charge in [0.2, 0.25) is 0 Å². The molecule has 0 spiro atoms. The Hall–Kier alpha value is -0.120. The number of aliphatic hydroxyl groups excluding tert-OH is 1. The molecule has 3 heteroatoms. The molecule has 0 bridgehead atoms. The Balaban J connectivity index is 2.33. The van der Waals surface area contributed by atoms with Crippen LogP contribution in [0.1, 0.15) is 26.7 Å². The van der Waals surface area contributed by atoms with Gasteiger partial charge in [-0.1, -0.05) is 6.92 Å². The minimum absolute atomic E-state index is 0.152. The summed E-state index contributed by atoms with van der Waals surface area (Å²) in [5.41, 5.74) is -0.152. The predicted octanol–water partition coefficient (Wildman–Crippen LogP) is 0.526. The van der Waals surface area contributed by atoms with Crippen LogP contribution in [0.25, 0.3) is 0 Å². The second-order valence-electron chi connectivity index (χ2n) is 3.72. The Morgan fingerprint density at radius 1 is 1.67 bits per heavy atom. The highest BCUT2D eigenvalue weighted by atomic mass is 16.5. The zero-order valence-electron chi connectivity index (χ0n) is 7.97. The van der Waals surface area contributed by atoms with E-state index in [4.69, 9.17) is 9.84 Å². The minimum atomic E-state index is -0.152. The molecule has 1 saturated heterocycles. The van der Waals surface area contributed by atoms with Crippen molar-refractivity contribution in [2.24, 2.45) is 0 Å². The molecule has 2 N–H and O–H groups in total. The van der Waals surface area contributed by atoms with Gasteiger partial charge in [-0.2, -0.15) is 0 Å². The van der Waals surface area contributed by atoms with E-state index < -0.39 is 0 Å². The van der Waals surface area contributed by atoms with Gasteiger partial charge in [-0.15, -0.1) is 0 Å². The number of hydrogen-bond acceptors (Lipinski definition) is 3. The number of hydrogen-bond donors (Lipinski definition) is 2. The second kappa shape index (κ2) is 4.21. The summed E-state index contributed by atoms with van der Waals surface area (Å²) in [4.78, 5) is 0. The number of rotatable bonds is 3. The van der Waals surface area contributed by atoms with E-state index in [1.165, 1.54) is 0 Å². The van der Waals surface area contributed by atoms with Gasteiger partial charge in [0.05, 0.1) is 12.2 Å². The average Bonchev–Trinajstić information content (AvgIpc) is 2.06. The molecular formula is C9H19NO2. The number of ether oxygens (including phenoxy) is 1. The largest absolute Gasteiger partial charge is 0.396 e. The first kappa shape index (κ1) is 9.96. The van der Waals surface area contributed by atoms with Gasteiger partial charge in [-0.05, 0) is 13.3 Å². The molecule has 0 amide bonds. The summed E-state index contributed by atoms with van der Waals surface area (Å²) in [6.45, 7) is 6.02. The zero-order valence-corrected chi connectivity index (χ0v) is 7.97. The van der Waals surface area contributed by atoms with Crippen LogP contribution in [-0.2, 0) is 4.74 Å². The summed E-state index contributed by atoms with van der Waals surface area (Å²) in [6, 6.07) is 0.497. The van der Waals surface area contributed by atoms with Crippen molar-refractivity contribution in [3.05, 3.63) is 0 Å². The van der Waals surface area contributed by atoms with E-state index in [0.29, 0.717) is 6.04 Å². The van der Waals surface area contributed by atoms with Gasteiger partial charge in [0.1, 0.15) is 0 Å². The van der Waals surface area contributed by atoms with E-state index >= 15 is 0 Å². The van der Waals surface area contributed by atoms with Crippen molar-refractivity contribution in [2.45, 2.75) is 38.3 Å². The molecule has 72 valence electrons. The quantitative estimate of drug-likeness (QED) is 0.654. The predicted molar refractivity (Wildman–Crippen MR) is 48.1 cm³/mol. The number of nitrogens with one attached hydrogen (secondary N) is 1. The zero-order chi connectivity index (χ0) is 9.03. The van der Waals surface area contributed by atoms with Gasteiger partial charge in [-0.25, -0.2) is 0 Å². The fourth-order valence-corrected chi connectivity index (χ4v) is 1.43. The second-order valence-corrected chi connectivity index (χ2v) is 3.72. The smallest absolute Gasteiger partial charge is 0.0801 e. The summed E-state index contributed by atoms with van der Waals surface area (Å²) in [5.74, 6) is 0. The lowest BCUT2D eigenvalue weighted by atomic mass is 9.99. The van der Waals surface area contributed by atoms with E-state index in [2.05, 4.69) is 12.2 Å². The van der Waals surface area contributed by atoms with Crippen molar-refractivity contribution in [1.82, 2.24) is 5.32 Å². The first-order valence-corrected chi connectivity index (χ1v) is 4.68. The maximum Gasteiger partial charge on any atom is 0.0801 e. The molecule has 0 radical (unpaired) electrons. The molecule has 1 heterocycles. The van der Waals surface area contributed by atoms with E-state index in [1.54, 1.807) is 0 Å². The maximum atomic E-state index is 8.80. The fourth-order valence-electron chi connectivity index (χ4n) is 1.43. The third-order valence-electron chi connectivity index (χ3n) is 2.53. The molecule has 12 heavy (non-hydrogen) atoms. The number of morpholine rings is 1. The van der Waals surface area contributed by atoms with Crippen LogP contribution in [0, 0.1) is 0 Å². The SMILES string of the molecule is CCC1COC(C)(CCO)CN1. The van der Waals surface area contributed by atoms with Gasteiger partial charge in [-0.3, -0.25) is 0 Å². The van der Waals surface area contributed by atoms with E-state index in [9.17, 15) is 0 Å². The first-order valence-electron chi connectivity index (χ1n) is 4.68. The lowest BCUT2D eigenvalue weighted by Gasteiger charge is -2.37. The van der Waals surface area contributed by atoms with Crippen molar-refractivity contribution in [3.8, 4) is 0 Å². The van der Waals surface area contributed by atoms with Crippen LogP contribution in [0.3, 0.4) is 0 Å². The lowest BCUT2D eigenvalue weighted by Crippen LogP contribution is -2.53. The van der Waals surface area contributed by atoms with E-state index in [0.717, 1.165) is 26.0 Å². The summed E-state index contributed by atoms with van der Waals surface area (Å²) in [6.07, 6.45) is 1.83. The maximum absolute atomic E-state index is 8.80. The van der Waals surface area contributed by atoms with Crippen molar-refractivity contribution in [2.75, 3.05) is 19.8 Å². The molecule has 1 fully saturated rings. The van der Waals surface area contributed by atoms with E-state index in [-0.39, 0.29) is 12.2 Å². The van der Waals surface area contributed by atoms with Crippen LogP contribution in [-0.4, -0.2) is 36.5 Å². The summed E-state index contributed by atoms with van der Waals surface area (Å²) < 4.78 is 5.69. The molecule has 1 aliphatic rings. The molecule has 0 saturated carbocycles. The lowest BCUT2D eigenvalue weighted by molar-refractivity contribution is -0.0821. The molecule has 1 rings (SSSR count). The van der Waals surface area contributed by atoms with Crippen molar-refractivity contribution < 1.29 is 9.84 Å². The molecule has 3 nitrogen and oxygen atoms in total. The van der Waals surface area contributed by atoms with Gasteiger partial charge >= 0.3 is 0 Å². The molecule has 2 atom stereocenters. The summed E-state index contributed by atoms with van der Waals surface area (Å²) in [5, 5.41) is 12.2. The Morgan fingerprint density at radius 3 is 2.83 bits per heavy atom. The molecular weight excluding hydrogens is 154 g/mol. The summed E-state index contributed by atoms with van der Waals surface area (Å²) >= 11 is 0. The van der Waals surface area contributed by atoms with Gasteiger partial charge in [0.15, 0.2) is 0 Å². The molecule has 1 aliphatic heterocycles. The van der Waals surface area contributed by atoms with Gasteiger partial charge in [0, 0.05) is 25.6 Å². The Labute approximate surface area is 74.1 Å². The highest BCUT2D eigenvalue weighted by Crippen LogP contribution is 2.18. The highest BCUT2D eigenvalue weighted by molar-refractivity contribution is 4.85.